The predicted octanol–water partition coefficient (Wildman–Crippen LogP) is 4.88. The highest BCUT2D eigenvalue weighted by atomic mass is 32.2. The van der Waals surface area contributed by atoms with Crippen LogP contribution in [0.25, 0.3) is 11.5 Å². The van der Waals surface area contributed by atoms with Crippen LogP contribution in [0.2, 0.25) is 0 Å². The van der Waals surface area contributed by atoms with Gasteiger partial charge in [-0.25, -0.2) is 8.42 Å². The number of carbonyl (C=O) groups excluding carboxylic acids is 1. The first-order valence-corrected chi connectivity index (χ1v) is 12.5. The van der Waals surface area contributed by atoms with E-state index in [1.54, 1.807) is 54.6 Å². The fraction of sp³-hybridized carbons (Fsp3) is 0.0952. The van der Waals surface area contributed by atoms with Gasteiger partial charge < -0.3 is 4.42 Å². The van der Waals surface area contributed by atoms with Crippen LogP contribution in [0, 0.1) is 6.92 Å². The van der Waals surface area contributed by atoms with Crippen LogP contribution in [-0.2, 0) is 10.0 Å². The number of benzene rings is 2. The smallest absolute Gasteiger partial charge is 0.277 e. The third-order valence-electron chi connectivity index (χ3n) is 4.24. The fourth-order valence-corrected chi connectivity index (χ4v) is 5.09. The molecule has 0 atom stereocenters. The zero-order chi connectivity index (χ0) is 21.8. The van der Waals surface area contributed by atoms with Crippen LogP contribution in [0.15, 0.2) is 80.6 Å². The van der Waals surface area contributed by atoms with Crippen LogP contribution in [0.4, 0.5) is 5.69 Å². The summed E-state index contributed by atoms with van der Waals surface area (Å²) in [5, 5.41) is 10.1. The molecule has 0 radical (unpaired) electrons. The summed E-state index contributed by atoms with van der Waals surface area (Å²) in [6, 6.07) is 16.8. The molecule has 0 aliphatic rings. The molecule has 0 unspecified atom stereocenters. The van der Waals surface area contributed by atoms with Crippen LogP contribution in [-0.4, -0.2) is 30.2 Å². The molecule has 0 aliphatic carbocycles. The lowest BCUT2D eigenvalue weighted by Crippen LogP contribution is -2.12. The molecule has 10 heteroatoms. The molecule has 31 heavy (non-hydrogen) atoms. The van der Waals surface area contributed by atoms with Gasteiger partial charge in [-0.2, -0.15) is 0 Å². The van der Waals surface area contributed by atoms with Gasteiger partial charge >= 0.3 is 0 Å². The number of aryl methyl sites for hydroxylation is 1. The number of nitrogens with zero attached hydrogens (tertiary/aromatic N) is 2. The molecule has 0 amide bonds. The van der Waals surface area contributed by atoms with Crippen LogP contribution in [0.5, 0.6) is 0 Å². The first-order valence-electron chi connectivity index (χ1n) is 9.14. The molecule has 0 spiro atoms. The lowest BCUT2D eigenvalue weighted by molar-refractivity contribution is 0.102. The number of sulfonamides is 1. The molecule has 0 saturated heterocycles. The second kappa shape index (κ2) is 9.04. The number of carbonyl (C=O) groups is 1. The highest BCUT2D eigenvalue weighted by molar-refractivity contribution is 7.99. The molecule has 7 nitrogen and oxygen atoms in total. The molecule has 0 saturated carbocycles. The van der Waals surface area contributed by atoms with Crippen LogP contribution in [0.3, 0.4) is 0 Å². The number of hydrogen-bond donors (Lipinski definition) is 1. The number of thioether (sulfide) groups is 1. The number of ketones is 1. The number of aromatic nitrogens is 2. The molecule has 158 valence electrons. The third kappa shape index (κ3) is 5.22. The average molecular weight is 472 g/mol. The Morgan fingerprint density at radius 3 is 2.48 bits per heavy atom. The molecule has 2 aromatic carbocycles. The summed E-state index contributed by atoms with van der Waals surface area (Å²) in [5.74, 6) is 0.506. The largest absolute Gasteiger partial charge is 0.411 e. The molecular weight excluding hydrogens is 454 g/mol. The Morgan fingerprint density at radius 1 is 1.06 bits per heavy atom. The summed E-state index contributed by atoms with van der Waals surface area (Å²) < 4.78 is 33.2. The van der Waals surface area contributed by atoms with Crippen molar-refractivity contribution in [1.29, 1.82) is 0 Å². The maximum absolute atomic E-state index is 12.5. The minimum atomic E-state index is -3.67. The summed E-state index contributed by atoms with van der Waals surface area (Å²) in [7, 11) is -3.67. The van der Waals surface area contributed by atoms with Gasteiger partial charge in [-0.1, -0.05) is 35.5 Å². The van der Waals surface area contributed by atoms with Crippen molar-refractivity contribution in [2.45, 2.75) is 17.0 Å². The first kappa shape index (κ1) is 21.3. The molecule has 0 aliphatic heterocycles. The Balaban J connectivity index is 1.40. The number of Topliss-reactive ketones (excluding diaryl/α,β-unsaturated/α-hetero) is 1. The molecule has 4 rings (SSSR count). The van der Waals surface area contributed by atoms with Crippen molar-refractivity contribution in [2.75, 3.05) is 10.5 Å². The van der Waals surface area contributed by atoms with E-state index in [1.807, 2.05) is 18.4 Å². The van der Waals surface area contributed by atoms with E-state index in [2.05, 4.69) is 14.9 Å². The van der Waals surface area contributed by atoms with Crippen molar-refractivity contribution in [2.24, 2.45) is 0 Å². The summed E-state index contributed by atoms with van der Waals surface area (Å²) in [4.78, 5) is 13.0. The summed E-state index contributed by atoms with van der Waals surface area (Å²) in [6.07, 6.45) is 0. The second-order valence-corrected chi connectivity index (χ2v) is 10.1. The molecule has 4 aromatic rings. The molecule has 0 fully saturated rings. The third-order valence-corrected chi connectivity index (χ3v) is 7.37. The van der Waals surface area contributed by atoms with Gasteiger partial charge in [0, 0.05) is 11.3 Å². The van der Waals surface area contributed by atoms with E-state index in [1.165, 1.54) is 23.1 Å². The van der Waals surface area contributed by atoms with Gasteiger partial charge in [-0.3, -0.25) is 9.52 Å². The van der Waals surface area contributed by atoms with Gasteiger partial charge in [0.25, 0.3) is 15.2 Å². The zero-order valence-corrected chi connectivity index (χ0v) is 18.8. The summed E-state index contributed by atoms with van der Waals surface area (Å²) in [6.45, 7) is 1.89. The van der Waals surface area contributed by atoms with Crippen molar-refractivity contribution < 1.29 is 17.6 Å². The molecule has 1 N–H and O–H groups in total. The Bertz CT molecular complexity index is 1280. The molecular formula is C21H17N3O4S3. The average Bonchev–Trinajstić information content (AvgIpc) is 3.45. The van der Waals surface area contributed by atoms with E-state index < -0.39 is 10.0 Å². The SMILES string of the molecule is Cc1ccc(S(=O)(=O)Nc2ccc(-c3nnc(SCC(=O)c4cccs4)o3)cc2)cc1. The van der Waals surface area contributed by atoms with Gasteiger partial charge in [0.15, 0.2) is 5.78 Å². The maximum Gasteiger partial charge on any atom is 0.277 e. The number of nitrogens with one attached hydrogen (secondary N) is 1. The lowest BCUT2D eigenvalue weighted by Gasteiger charge is -2.08. The van der Waals surface area contributed by atoms with Gasteiger partial charge in [0.2, 0.25) is 5.89 Å². The first-order chi connectivity index (χ1) is 14.9. The molecule has 0 bridgehead atoms. The van der Waals surface area contributed by atoms with E-state index in [0.29, 0.717) is 27.2 Å². The predicted molar refractivity (Wildman–Crippen MR) is 121 cm³/mol. The Kier molecular flexibility index (Phi) is 6.21. The van der Waals surface area contributed by atoms with E-state index in [9.17, 15) is 13.2 Å². The van der Waals surface area contributed by atoms with Crippen LogP contribution < -0.4 is 4.72 Å². The van der Waals surface area contributed by atoms with Crippen LogP contribution in [0.1, 0.15) is 15.2 Å². The summed E-state index contributed by atoms with van der Waals surface area (Å²) >= 11 is 2.57. The number of rotatable bonds is 8. The highest BCUT2D eigenvalue weighted by Gasteiger charge is 2.15. The van der Waals surface area contributed by atoms with Gasteiger partial charge in [-0.05, 0) is 54.8 Å². The Hall–Kier alpha value is -2.95. The monoisotopic (exact) mass is 471 g/mol. The second-order valence-electron chi connectivity index (χ2n) is 6.56. The Morgan fingerprint density at radius 2 is 1.81 bits per heavy atom. The normalized spacial score (nSPS) is 11.4. The number of thiophene rings is 1. The van der Waals surface area contributed by atoms with Crippen molar-refractivity contribution in [3.05, 3.63) is 76.5 Å². The topological polar surface area (TPSA) is 102 Å². The minimum absolute atomic E-state index is 0.00460. The lowest BCUT2D eigenvalue weighted by atomic mass is 10.2. The van der Waals surface area contributed by atoms with Gasteiger partial charge in [0.05, 0.1) is 15.5 Å². The quantitative estimate of drug-likeness (QED) is 0.288. The minimum Gasteiger partial charge on any atom is -0.411 e. The van der Waals surface area contributed by atoms with Crippen molar-refractivity contribution in [3.63, 3.8) is 0 Å². The number of hydrogen-bond acceptors (Lipinski definition) is 8. The molecule has 2 heterocycles. The molecule has 2 aromatic heterocycles. The van der Waals surface area contributed by atoms with Crippen molar-refractivity contribution in [3.8, 4) is 11.5 Å². The van der Waals surface area contributed by atoms with Crippen molar-refractivity contribution >= 4 is 44.6 Å². The van der Waals surface area contributed by atoms with Crippen LogP contribution >= 0.6 is 23.1 Å². The summed E-state index contributed by atoms with van der Waals surface area (Å²) in [5.41, 5.74) is 2.04. The number of anilines is 1. The standard InChI is InChI=1S/C21H17N3O4S3/c1-14-4-10-17(11-5-14)31(26,27)24-16-8-6-15(7-9-16)20-22-23-21(28-20)30-13-18(25)19-3-2-12-29-19/h2-12,24H,13H2,1H3. The van der Waals surface area contributed by atoms with E-state index in [4.69, 9.17) is 4.42 Å². The van der Waals surface area contributed by atoms with Gasteiger partial charge in [-0.15, -0.1) is 21.5 Å². The Labute approximate surface area is 187 Å². The van der Waals surface area contributed by atoms with E-state index in [-0.39, 0.29) is 16.4 Å². The highest BCUT2D eigenvalue weighted by Crippen LogP contribution is 2.26. The maximum atomic E-state index is 12.5. The van der Waals surface area contributed by atoms with Crippen molar-refractivity contribution in [1.82, 2.24) is 10.2 Å². The zero-order valence-electron chi connectivity index (χ0n) is 16.3. The van der Waals surface area contributed by atoms with Gasteiger partial charge in [0.1, 0.15) is 0 Å². The van der Waals surface area contributed by atoms with E-state index >= 15 is 0 Å². The van der Waals surface area contributed by atoms with E-state index in [0.717, 1.165) is 5.56 Å². The fourth-order valence-electron chi connectivity index (χ4n) is 2.63.